The lowest BCUT2D eigenvalue weighted by Gasteiger charge is -2.39. The molecule has 5 heteroatoms. The van der Waals surface area contributed by atoms with Gasteiger partial charge in [-0.25, -0.2) is 4.98 Å². The van der Waals surface area contributed by atoms with Crippen molar-refractivity contribution in [3.05, 3.63) is 198 Å². The van der Waals surface area contributed by atoms with Crippen LogP contribution in [0.5, 0.6) is 11.5 Å². The van der Waals surface area contributed by atoms with Crippen LogP contribution in [0.15, 0.2) is 180 Å². The Kier molecular flexibility index (Phi) is 6.07. The van der Waals surface area contributed by atoms with Gasteiger partial charge in [-0.2, -0.15) is 0 Å². The van der Waals surface area contributed by atoms with E-state index in [1.807, 2.05) is 30.3 Å². The Labute approximate surface area is 316 Å². The first kappa shape index (κ1) is 30.1. The summed E-state index contributed by atoms with van der Waals surface area (Å²) in [5, 5.41) is 2.17. The lowest BCUT2D eigenvalue weighted by molar-refractivity contribution is 0.436. The molecule has 0 amide bonds. The molecule has 55 heavy (non-hydrogen) atoms. The number of hydrogen-bond donors (Lipinski definition) is 1. The molecule has 0 radical (unpaired) electrons. The third-order valence-electron chi connectivity index (χ3n) is 11.7. The van der Waals surface area contributed by atoms with Gasteiger partial charge in [0.1, 0.15) is 28.5 Å². The van der Waals surface area contributed by atoms with Crippen molar-refractivity contribution in [3.63, 3.8) is 0 Å². The van der Waals surface area contributed by atoms with E-state index in [2.05, 4.69) is 150 Å². The summed E-state index contributed by atoms with van der Waals surface area (Å²) in [4.78, 5) is 5.19. The molecule has 2 aliphatic rings. The molecule has 2 aromatic heterocycles. The zero-order chi connectivity index (χ0) is 36.3. The molecular weight excluding hydrogens is 675 g/mol. The van der Waals surface area contributed by atoms with Gasteiger partial charge >= 0.3 is 0 Å². The molecule has 5 nitrogen and oxygen atoms in total. The summed E-state index contributed by atoms with van der Waals surface area (Å²) in [6.45, 7) is 0. The van der Waals surface area contributed by atoms with Gasteiger partial charge < -0.3 is 14.9 Å². The van der Waals surface area contributed by atoms with Crippen LogP contribution in [0.1, 0.15) is 22.3 Å². The molecule has 1 aliphatic heterocycles. The monoisotopic (exact) mass is 705 g/mol. The van der Waals surface area contributed by atoms with Crippen LogP contribution in [-0.2, 0) is 5.41 Å². The molecule has 0 unspecified atom stereocenters. The maximum atomic E-state index is 7.03. The summed E-state index contributed by atoms with van der Waals surface area (Å²) in [7, 11) is 0. The highest BCUT2D eigenvalue weighted by molar-refractivity contribution is 6.09. The molecule has 0 saturated carbocycles. The second kappa shape index (κ2) is 11.1. The maximum Gasteiger partial charge on any atom is 0.149 e. The minimum Gasteiger partial charge on any atom is -0.457 e. The SMILES string of the molecule is Nc1cc2c(cc1-c1ccc(-n3c(-c4cccc5c4oc4ccccc45)nc4ccccc43)cc1)C1(c3ccccc3Oc3ccccc31)c1ccccc1-2. The summed E-state index contributed by atoms with van der Waals surface area (Å²) in [6.07, 6.45) is 0. The number of aromatic nitrogens is 2. The molecule has 2 N–H and O–H groups in total. The van der Waals surface area contributed by atoms with Gasteiger partial charge in [-0.3, -0.25) is 4.57 Å². The first-order chi connectivity index (χ1) is 27.2. The van der Waals surface area contributed by atoms with E-state index in [0.717, 1.165) is 95.1 Å². The molecule has 1 aliphatic carbocycles. The quantitative estimate of drug-likeness (QED) is 0.186. The number of rotatable bonds is 3. The molecule has 0 saturated heterocycles. The van der Waals surface area contributed by atoms with E-state index in [1.54, 1.807) is 0 Å². The Bertz CT molecular complexity index is 3160. The molecule has 12 rings (SSSR count). The van der Waals surface area contributed by atoms with Crippen molar-refractivity contribution in [2.24, 2.45) is 0 Å². The Morgan fingerprint density at radius 2 is 1.16 bits per heavy atom. The second-order valence-electron chi connectivity index (χ2n) is 14.5. The van der Waals surface area contributed by atoms with Crippen molar-refractivity contribution in [2.45, 2.75) is 5.41 Å². The first-order valence-electron chi connectivity index (χ1n) is 18.6. The maximum absolute atomic E-state index is 7.03. The Morgan fingerprint density at radius 3 is 1.98 bits per heavy atom. The number of nitrogens with zero attached hydrogens (tertiary/aromatic N) is 2. The molecule has 10 aromatic rings. The van der Waals surface area contributed by atoms with Crippen molar-refractivity contribution in [3.8, 4) is 50.8 Å². The summed E-state index contributed by atoms with van der Waals surface area (Å²) < 4.78 is 15.3. The van der Waals surface area contributed by atoms with Gasteiger partial charge in [-0.05, 0) is 88.5 Å². The summed E-state index contributed by atoms with van der Waals surface area (Å²) >= 11 is 0. The topological polar surface area (TPSA) is 66.2 Å². The van der Waals surface area contributed by atoms with E-state index in [4.69, 9.17) is 19.9 Å². The number of nitrogen functional groups attached to an aromatic ring is 1. The van der Waals surface area contributed by atoms with Crippen molar-refractivity contribution >= 4 is 38.7 Å². The first-order valence-corrected chi connectivity index (χ1v) is 18.6. The van der Waals surface area contributed by atoms with Crippen LogP contribution in [0.4, 0.5) is 5.69 Å². The van der Waals surface area contributed by atoms with E-state index < -0.39 is 5.41 Å². The molecule has 8 aromatic carbocycles. The highest BCUT2D eigenvalue weighted by Gasteiger charge is 2.51. The highest BCUT2D eigenvalue weighted by atomic mass is 16.5. The molecule has 0 fully saturated rings. The zero-order valence-electron chi connectivity index (χ0n) is 29.5. The predicted octanol–water partition coefficient (Wildman–Crippen LogP) is 12.3. The number of furan rings is 1. The molecule has 3 heterocycles. The Hall–Kier alpha value is -7.37. The minimum atomic E-state index is -0.567. The number of hydrogen-bond acceptors (Lipinski definition) is 4. The number of nitrogens with two attached hydrogens (primary N) is 1. The summed E-state index contributed by atoms with van der Waals surface area (Å²) in [5.41, 5.74) is 21.8. The van der Waals surface area contributed by atoms with Gasteiger partial charge in [0, 0.05) is 38.8 Å². The average molecular weight is 706 g/mol. The summed E-state index contributed by atoms with van der Waals surface area (Å²) in [6, 6.07) is 61.6. The molecule has 1 spiro atoms. The number of para-hydroxylation sites is 6. The van der Waals surface area contributed by atoms with Crippen LogP contribution < -0.4 is 10.5 Å². The highest BCUT2D eigenvalue weighted by Crippen LogP contribution is 2.62. The molecule has 0 bridgehead atoms. The van der Waals surface area contributed by atoms with Crippen LogP contribution >= 0.6 is 0 Å². The normalized spacial score (nSPS) is 13.5. The van der Waals surface area contributed by atoms with Crippen LogP contribution in [0.2, 0.25) is 0 Å². The Balaban J connectivity index is 1.04. The number of fused-ring (bicyclic) bond motifs is 13. The van der Waals surface area contributed by atoms with Gasteiger partial charge in [0.05, 0.1) is 22.0 Å². The van der Waals surface area contributed by atoms with Gasteiger partial charge in [-0.1, -0.05) is 115 Å². The zero-order valence-corrected chi connectivity index (χ0v) is 29.5. The average Bonchev–Trinajstić information content (AvgIpc) is 3.90. The largest absolute Gasteiger partial charge is 0.457 e. The number of anilines is 1. The lowest BCUT2D eigenvalue weighted by atomic mass is 9.66. The van der Waals surface area contributed by atoms with Gasteiger partial charge in [0.25, 0.3) is 0 Å². The van der Waals surface area contributed by atoms with Crippen LogP contribution in [-0.4, -0.2) is 9.55 Å². The molecular formula is C50H31N3O2. The predicted molar refractivity (Wildman–Crippen MR) is 221 cm³/mol. The van der Waals surface area contributed by atoms with E-state index >= 15 is 0 Å². The van der Waals surface area contributed by atoms with Crippen LogP contribution in [0.3, 0.4) is 0 Å². The van der Waals surface area contributed by atoms with Crippen molar-refractivity contribution in [2.75, 3.05) is 5.73 Å². The third-order valence-corrected chi connectivity index (χ3v) is 11.7. The molecule has 0 atom stereocenters. The number of benzene rings is 8. The molecule has 258 valence electrons. The number of imidazole rings is 1. The van der Waals surface area contributed by atoms with Crippen molar-refractivity contribution in [1.29, 1.82) is 0 Å². The van der Waals surface area contributed by atoms with Crippen molar-refractivity contribution in [1.82, 2.24) is 9.55 Å². The van der Waals surface area contributed by atoms with Crippen molar-refractivity contribution < 1.29 is 9.15 Å². The standard InChI is InChI=1S/C50H31N3O2/c51-42-29-37-32-12-1-3-16-38(32)50(39-17-4-9-22-46(39)54-47-23-10-5-18-40(47)50)41(37)28-36(42)30-24-26-31(27-25-30)53-44-20-7-6-19-43(44)52-49(53)35-15-11-14-34-33-13-2-8-21-45(33)55-48(34)35/h1-29H,51H2. The fraction of sp³-hybridized carbons (Fsp3) is 0.0200. The number of ether oxygens (including phenoxy) is 1. The Morgan fingerprint density at radius 1 is 0.509 bits per heavy atom. The van der Waals surface area contributed by atoms with Gasteiger partial charge in [-0.15, -0.1) is 0 Å². The second-order valence-corrected chi connectivity index (χ2v) is 14.5. The van der Waals surface area contributed by atoms with Gasteiger partial charge in [0.15, 0.2) is 0 Å². The minimum absolute atomic E-state index is 0.567. The van der Waals surface area contributed by atoms with Gasteiger partial charge in [0.2, 0.25) is 0 Å². The van der Waals surface area contributed by atoms with E-state index in [-0.39, 0.29) is 0 Å². The fourth-order valence-corrected chi connectivity index (χ4v) is 9.35. The smallest absolute Gasteiger partial charge is 0.149 e. The third kappa shape index (κ3) is 4.04. The van der Waals surface area contributed by atoms with Crippen LogP contribution in [0, 0.1) is 0 Å². The van der Waals surface area contributed by atoms with E-state index in [1.165, 1.54) is 16.7 Å². The van der Waals surface area contributed by atoms with E-state index in [0.29, 0.717) is 0 Å². The van der Waals surface area contributed by atoms with Crippen LogP contribution in [0.25, 0.3) is 72.3 Å². The summed E-state index contributed by atoms with van der Waals surface area (Å²) in [5.74, 6) is 2.56. The van der Waals surface area contributed by atoms with E-state index in [9.17, 15) is 0 Å². The lowest BCUT2D eigenvalue weighted by Crippen LogP contribution is -2.32. The fourth-order valence-electron chi connectivity index (χ4n) is 9.35.